The fourth-order valence-electron chi connectivity index (χ4n) is 3.97. The molecule has 0 fully saturated rings. The second-order valence-corrected chi connectivity index (χ2v) is 58.2. The SMILES string of the molecule is C=CCC[Si](C)(C)[Si](O[Si](O)([Si](C)(C)C)[Si](C)(C)CCC=C)[Si](C)(C)C. The van der Waals surface area contributed by atoms with Gasteiger partial charge in [-0.25, -0.2) is 0 Å². The van der Waals surface area contributed by atoms with Crippen LogP contribution in [0.1, 0.15) is 12.8 Å². The fourth-order valence-corrected chi connectivity index (χ4v) is 88.5. The van der Waals surface area contributed by atoms with Gasteiger partial charge in [0.25, 0.3) is 7.60 Å². The molecule has 0 bridgehead atoms. The molecular weight excluding hydrogens is 417 g/mol. The molecule has 0 amide bonds. The Morgan fingerprint density at radius 1 is 0.808 bits per heavy atom. The maximum absolute atomic E-state index is 12.3. The van der Waals surface area contributed by atoms with Crippen LogP contribution in [-0.4, -0.2) is 50.8 Å². The molecule has 0 aromatic heterocycles. The van der Waals surface area contributed by atoms with Crippen molar-refractivity contribution in [2.45, 2.75) is 90.4 Å². The van der Waals surface area contributed by atoms with E-state index in [1.165, 1.54) is 6.04 Å². The average Bonchev–Trinajstić information content (AvgIpc) is 2.45. The molecule has 0 aliphatic rings. The molecule has 2 nitrogen and oxygen atoms in total. The standard InChI is InChI=1S/C18H45O2Si6/c1-13-15-17-24(9,10)21(22(3,4)5)20-26(19,23(6,7)8)25(11,12)18-16-14-2/h13-14,19H,1-2,15-18H2,3-12H3. The summed E-state index contributed by atoms with van der Waals surface area (Å²) < 4.78 is 7.27. The monoisotopic (exact) mass is 461 g/mol. The van der Waals surface area contributed by atoms with E-state index in [4.69, 9.17) is 4.12 Å². The van der Waals surface area contributed by atoms with Gasteiger partial charge in [-0.2, -0.15) is 0 Å². The summed E-state index contributed by atoms with van der Waals surface area (Å²) in [5.41, 5.74) is 0. The third-order valence-corrected chi connectivity index (χ3v) is 67.2. The molecule has 0 aliphatic heterocycles. The Morgan fingerprint density at radius 3 is 1.58 bits per heavy atom. The Hall–Kier alpha value is 0.701. The molecule has 0 spiro atoms. The van der Waals surface area contributed by atoms with Crippen LogP contribution in [0, 0.1) is 0 Å². The van der Waals surface area contributed by atoms with E-state index >= 15 is 0 Å². The molecular formula is C18H45O2Si6. The second-order valence-electron chi connectivity index (χ2n) is 11.0. The molecule has 0 saturated heterocycles. The maximum atomic E-state index is 12.3. The second kappa shape index (κ2) is 9.47. The van der Waals surface area contributed by atoms with Gasteiger partial charge in [-0.1, -0.05) is 89.7 Å². The van der Waals surface area contributed by atoms with E-state index in [1.807, 2.05) is 6.08 Å². The van der Waals surface area contributed by atoms with E-state index in [1.54, 1.807) is 0 Å². The summed E-state index contributed by atoms with van der Waals surface area (Å²) in [4.78, 5) is 12.3. The number of hydrogen-bond donors (Lipinski definition) is 1. The molecule has 1 unspecified atom stereocenters. The lowest BCUT2D eigenvalue weighted by atomic mass is 10.5. The molecule has 0 saturated carbocycles. The van der Waals surface area contributed by atoms with Crippen molar-refractivity contribution in [1.29, 1.82) is 0 Å². The Labute approximate surface area is 170 Å². The number of hydrogen-bond acceptors (Lipinski definition) is 2. The van der Waals surface area contributed by atoms with Gasteiger partial charge in [-0.3, -0.25) is 0 Å². The Morgan fingerprint density at radius 2 is 1.23 bits per heavy atom. The molecule has 0 aliphatic carbocycles. The van der Waals surface area contributed by atoms with Crippen LogP contribution in [0.3, 0.4) is 0 Å². The van der Waals surface area contributed by atoms with Crippen molar-refractivity contribution in [2.75, 3.05) is 0 Å². The van der Waals surface area contributed by atoms with Gasteiger partial charge < -0.3 is 8.91 Å². The van der Waals surface area contributed by atoms with E-state index in [0.29, 0.717) is 0 Å². The summed E-state index contributed by atoms with van der Waals surface area (Å²) in [5.74, 6) is 0. The van der Waals surface area contributed by atoms with Gasteiger partial charge >= 0.3 is 0 Å². The van der Waals surface area contributed by atoms with E-state index < -0.39 is 46.0 Å². The molecule has 0 heterocycles. The molecule has 1 atom stereocenters. The van der Waals surface area contributed by atoms with Crippen molar-refractivity contribution < 1.29 is 8.91 Å². The molecule has 26 heavy (non-hydrogen) atoms. The molecule has 0 rings (SSSR count). The van der Waals surface area contributed by atoms with E-state index in [-0.39, 0.29) is 0 Å². The minimum absolute atomic E-state index is 0.969. The first kappa shape index (κ1) is 26.7. The number of allylic oxidation sites excluding steroid dienone is 2. The van der Waals surface area contributed by atoms with Crippen LogP contribution in [0.4, 0.5) is 0 Å². The van der Waals surface area contributed by atoms with Crippen LogP contribution in [0.25, 0.3) is 0 Å². The van der Waals surface area contributed by atoms with Crippen LogP contribution in [0.15, 0.2) is 25.3 Å². The molecule has 0 aromatic rings. The van der Waals surface area contributed by atoms with Crippen molar-refractivity contribution in [3.05, 3.63) is 25.3 Å². The lowest BCUT2D eigenvalue weighted by molar-refractivity contribution is 0.434. The van der Waals surface area contributed by atoms with Crippen molar-refractivity contribution in [3.63, 3.8) is 0 Å². The van der Waals surface area contributed by atoms with Crippen LogP contribution < -0.4 is 0 Å². The molecule has 1 N–H and O–H groups in total. The summed E-state index contributed by atoms with van der Waals surface area (Å²) in [7, 11) is -10.3. The predicted octanol–water partition coefficient (Wildman–Crippen LogP) is 5.99. The number of rotatable bonds is 12. The van der Waals surface area contributed by atoms with Gasteiger partial charge in [0.1, 0.15) is 7.59 Å². The minimum atomic E-state index is -2.72. The zero-order chi connectivity index (χ0) is 21.0. The van der Waals surface area contributed by atoms with E-state index in [0.717, 1.165) is 18.9 Å². The van der Waals surface area contributed by atoms with Crippen molar-refractivity contribution in [1.82, 2.24) is 0 Å². The molecule has 8 heteroatoms. The molecule has 1 radical (unpaired) electrons. The predicted molar refractivity (Wildman–Crippen MR) is 136 cm³/mol. The summed E-state index contributed by atoms with van der Waals surface area (Å²) in [6.45, 7) is 32.1. The van der Waals surface area contributed by atoms with Crippen LogP contribution >= 0.6 is 0 Å². The normalized spacial score (nSPS) is 16.5. The maximum Gasteiger partial charge on any atom is 0.282 e. The topological polar surface area (TPSA) is 29.5 Å². The highest BCUT2D eigenvalue weighted by molar-refractivity contribution is 7.68. The van der Waals surface area contributed by atoms with Gasteiger partial charge in [0, 0.05) is 0 Å². The Balaban J connectivity index is 6.10. The summed E-state index contributed by atoms with van der Waals surface area (Å²) >= 11 is 0. The highest BCUT2D eigenvalue weighted by Crippen LogP contribution is 2.35. The highest BCUT2D eigenvalue weighted by Gasteiger charge is 2.61. The zero-order valence-electron chi connectivity index (χ0n) is 19.3. The molecule has 0 aromatic carbocycles. The lowest BCUT2D eigenvalue weighted by Gasteiger charge is -2.51. The third-order valence-electron chi connectivity index (χ3n) is 5.43. The summed E-state index contributed by atoms with van der Waals surface area (Å²) in [5, 5.41) is 0. The van der Waals surface area contributed by atoms with Crippen molar-refractivity contribution in [2.24, 2.45) is 0 Å². The largest absolute Gasteiger partial charge is 0.445 e. The first-order valence-electron chi connectivity index (χ1n) is 9.97. The quantitative estimate of drug-likeness (QED) is 0.286. The van der Waals surface area contributed by atoms with Gasteiger partial charge in [-0.05, 0) is 12.8 Å². The Bertz CT molecular complexity index is 479. The van der Waals surface area contributed by atoms with Gasteiger partial charge in [0.05, 0.1) is 22.8 Å². The van der Waals surface area contributed by atoms with Gasteiger partial charge in [0.2, 0.25) is 0 Å². The average molecular weight is 462 g/mol. The lowest BCUT2D eigenvalue weighted by Crippen LogP contribution is -2.80. The zero-order valence-corrected chi connectivity index (χ0v) is 25.3. The van der Waals surface area contributed by atoms with Crippen molar-refractivity contribution >= 4 is 46.0 Å². The van der Waals surface area contributed by atoms with Gasteiger partial charge in [-0.15, -0.1) is 13.2 Å². The highest BCUT2D eigenvalue weighted by atomic mass is 29.7. The Kier molecular flexibility index (Phi) is 9.72. The third kappa shape index (κ3) is 6.64. The van der Waals surface area contributed by atoms with E-state index in [2.05, 4.69) is 84.7 Å². The van der Waals surface area contributed by atoms with Crippen LogP contribution in [0.5, 0.6) is 0 Å². The smallest absolute Gasteiger partial charge is 0.282 e. The minimum Gasteiger partial charge on any atom is -0.445 e. The summed E-state index contributed by atoms with van der Waals surface area (Å²) in [6.07, 6.45) is 6.17. The first-order chi connectivity index (χ1) is 11.5. The summed E-state index contributed by atoms with van der Waals surface area (Å²) in [6, 6.07) is 2.36. The molecule has 153 valence electrons. The van der Waals surface area contributed by atoms with Crippen LogP contribution in [0.2, 0.25) is 77.6 Å². The van der Waals surface area contributed by atoms with Crippen molar-refractivity contribution in [3.8, 4) is 0 Å². The van der Waals surface area contributed by atoms with E-state index in [9.17, 15) is 4.80 Å². The fraction of sp³-hybridized carbons (Fsp3) is 0.778. The van der Waals surface area contributed by atoms with Gasteiger partial charge in [0.15, 0.2) is 8.08 Å². The first-order valence-corrected chi connectivity index (χ1v) is 30.6. The van der Waals surface area contributed by atoms with Crippen LogP contribution in [-0.2, 0) is 4.12 Å².